The Kier molecular flexibility index (Phi) is 4.48. The first-order chi connectivity index (χ1) is 10.3. The summed E-state index contributed by atoms with van der Waals surface area (Å²) in [6.45, 7) is -0.406. The molecule has 2 rings (SSSR count). The fourth-order valence-corrected chi connectivity index (χ4v) is 2.73. The molecule has 0 aliphatic carbocycles. The van der Waals surface area contributed by atoms with Gasteiger partial charge in [-0.15, -0.1) is 0 Å². The third-order valence-corrected chi connectivity index (χ3v) is 4.21. The van der Waals surface area contributed by atoms with Crippen molar-refractivity contribution < 1.29 is 22.1 Å². The summed E-state index contributed by atoms with van der Waals surface area (Å²) in [4.78, 5) is 9.60. The van der Waals surface area contributed by atoms with Gasteiger partial charge >= 0.3 is 0 Å². The maximum atomic E-state index is 13.4. The van der Waals surface area contributed by atoms with Gasteiger partial charge in [0.15, 0.2) is 0 Å². The Morgan fingerprint density at radius 2 is 1.86 bits per heavy atom. The average molecular weight is 328 g/mol. The summed E-state index contributed by atoms with van der Waals surface area (Å²) in [7, 11) is -4.06. The van der Waals surface area contributed by atoms with E-state index in [1.807, 2.05) is 0 Å². The number of hydrogen-bond donors (Lipinski definition) is 1. The molecule has 0 fully saturated rings. The van der Waals surface area contributed by atoms with Crippen LogP contribution in [0.5, 0.6) is 0 Å². The lowest BCUT2D eigenvalue weighted by Crippen LogP contribution is -2.23. The number of sulfonamides is 1. The number of benzene rings is 2. The third-order valence-electron chi connectivity index (χ3n) is 2.81. The van der Waals surface area contributed by atoms with Gasteiger partial charge < -0.3 is 0 Å². The summed E-state index contributed by atoms with van der Waals surface area (Å²) in [6.07, 6.45) is 0. The summed E-state index contributed by atoms with van der Waals surface area (Å²) in [5, 5.41) is 10.6. The van der Waals surface area contributed by atoms with Gasteiger partial charge in [0, 0.05) is 30.3 Å². The highest BCUT2D eigenvalue weighted by Gasteiger charge is 2.18. The summed E-state index contributed by atoms with van der Waals surface area (Å²) in [6, 6.07) is 7.20. The van der Waals surface area contributed by atoms with Gasteiger partial charge in [-0.3, -0.25) is 10.1 Å². The average Bonchev–Trinajstić information content (AvgIpc) is 2.46. The summed E-state index contributed by atoms with van der Waals surface area (Å²) in [5.74, 6) is -1.66. The Labute approximate surface area is 124 Å². The second-order valence-electron chi connectivity index (χ2n) is 4.31. The molecule has 0 aromatic heterocycles. The van der Waals surface area contributed by atoms with E-state index in [4.69, 9.17) is 0 Å². The molecular weight excluding hydrogens is 318 g/mol. The van der Waals surface area contributed by atoms with Crippen molar-refractivity contribution in [1.29, 1.82) is 0 Å². The van der Waals surface area contributed by atoms with Crippen molar-refractivity contribution in [2.45, 2.75) is 11.4 Å². The zero-order valence-electron chi connectivity index (χ0n) is 11.0. The van der Waals surface area contributed by atoms with Crippen LogP contribution in [0, 0.1) is 21.7 Å². The van der Waals surface area contributed by atoms with Crippen LogP contribution in [-0.2, 0) is 16.6 Å². The van der Waals surface area contributed by atoms with Crippen molar-refractivity contribution in [2.75, 3.05) is 0 Å². The number of nitrogens with zero attached hydrogens (tertiary/aromatic N) is 1. The number of halogens is 2. The highest BCUT2D eigenvalue weighted by molar-refractivity contribution is 7.89. The van der Waals surface area contributed by atoms with Crippen LogP contribution in [0.2, 0.25) is 0 Å². The molecular formula is C13H10F2N2O4S. The molecule has 2 aromatic carbocycles. The van der Waals surface area contributed by atoms with E-state index < -0.39 is 33.1 Å². The lowest BCUT2D eigenvalue weighted by Gasteiger charge is -2.07. The molecule has 0 amide bonds. The predicted octanol–water partition coefficient (Wildman–Crippen LogP) is 2.35. The van der Waals surface area contributed by atoms with Crippen molar-refractivity contribution in [3.63, 3.8) is 0 Å². The van der Waals surface area contributed by atoms with Crippen molar-refractivity contribution in [1.82, 2.24) is 4.72 Å². The highest BCUT2D eigenvalue weighted by Crippen LogP contribution is 2.18. The van der Waals surface area contributed by atoms with Gasteiger partial charge in [-0.1, -0.05) is 12.1 Å². The minimum atomic E-state index is -4.06. The maximum absolute atomic E-state index is 13.4. The molecule has 0 atom stereocenters. The SMILES string of the molecule is O=[N+]([O-])c1cccc(S(=O)(=O)NCc2ccc(F)cc2F)c1. The zero-order valence-corrected chi connectivity index (χ0v) is 11.8. The second kappa shape index (κ2) is 6.16. The van der Waals surface area contributed by atoms with E-state index in [2.05, 4.69) is 4.72 Å². The Hall–Kier alpha value is -2.39. The van der Waals surface area contributed by atoms with E-state index in [0.29, 0.717) is 6.07 Å². The lowest BCUT2D eigenvalue weighted by molar-refractivity contribution is -0.385. The Morgan fingerprint density at radius 1 is 1.14 bits per heavy atom. The summed E-state index contributed by atoms with van der Waals surface area (Å²) < 4.78 is 52.4. The summed E-state index contributed by atoms with van der Waals surface area (Å²) >= 11 is 0. The first-order valence-corrected chi connectivity index (χ1v) is 7.46. The number of nitrogens with one attached hydrogen (secondary N) is 1. The largest absolute Gasteiger partial charge is 0.270 e. The monoisotopic (exact) mass is 328 g/mol. The van der Waals surface area contributed by atoms with Crippen LogP contribution < -0.4 is 4.72 Å². The van der Waals surface area contributed by atoms with E-state index >= 15 is 0 Å². The highest BCUT2D eigenvalue weighted by atomic mass is 32.2. The number of nitro groups is 1. The summed E-state index contributed by atoms with van der Waals surface area (Å²) in [5.41, 5.74) is -0.425. The Balaban J connectivity index is 2.21. The van der Waals surface area contributed by atoms with Crippen LogP contribution in [0.3, 0.4) is 0 Å². The van der Waals surface area contributed by atoms with Crippen molar-refractivity contribution >= 4 is 15.7 Å². The molecule has 0 bridgehead atoms. The van der Waals surface area contributed by atoms with Gasteiger partial charge in [-0.2, -0.15) is 0 Å². The van der Waals surface area contributed by atoms with Gasteiger partial charge in [0.05, 0.1) is 9.82 Å². The first-order valence-electron chi connectivity index (χ1n) is 5.97. The van der Waals surface area contributed by atoms with Crippen LogP contribution in [0.4, 0.5) is 14.5 Å². The Morgan fingerprint density at radius 3 is 2.50 bits per heavy atom. The standard InChI is InChI=1S/C13H10F2N2O4S/c14-10-5-4-9(13(15)6-10)8-16-22(20,21)12-3-1-2-11(7-12)17(18)19/h1-7,16H,8H2. The first kappa shape index (κ1) is 16.0. The number of hydrogen-bond acceptors (Lipinski definition) is 4. The van der Waals surface area contributed by atoms with Crippen molar-refractivity contribution in [3.05, 3.63) is 69.8 Å². The minimum absolute atomic E-state index is 0.0459. The second-order valence-corrected chi connectivity index (χ2v) is 6.08. The lowest BCUT2D eigenvalue weighted by atomic mass is 10.2. The van der Waals surface area contributed by atoms with Crippen LogP contribution in [0.1, 0.15) is 5.56 Å². The number of nitro benzene ring substituents is 1. The van der Waals surface area contributed by atoms with Crippen molar-refractivity contribution in [2.24, 2.45) is 0 Å². The Bertz CT molecular complexity index is 825. The molecule has 2 aromatic rings. The van der Waals surface area contributed by atoms with E-state index in [1.54, 1.807) is 0 Å². The fraction of sp³-hybridized carbons (Fsp3) is 0.0769. The molecule has 0 saturated heterocycles. The molecule has 0 aliphatic heterocycles. The van der Waals surface area contributed by atoms with Gasteiger partial charge in [-0.05, 0) is 12.1 Å². The number of rotatable bonds is 5. The molecule has 0 saturated carbocycles. The molecule has 1 N–H and O–H groups in total. The smallest absolute Gasteiger partial charge is 0.258 e. The van der Waals surface area contributed by atoms with Crippen LogP contribution in [0.25, 0.3) is 0 Å². The van der Waals surface area contributed by atoms with Crippen LogP contribution >= 0.6 is 0 Å². The predicted molar refractivity (Wildman–Crippen MR) is 73.5 cm³/mol. The van der Waals surface area contributed by atoms with E-state index in [0.717, 1.165) is 24.3 Å². The minimum Gasteiger partial charge on any atom is -0.258 e. The van der Waals surface area contributed by atoms with Crippen molar-refractivity contribution in [3.8, 4) is 0 Å². The van der Waals surface area contributed by atoms with Gasteiger partial charge in [0.25, 0.3) is 5.69 Å². The van der Waals surface area contributed by atoms with Crippen LogP contribution in [-0.4, -0.2) is 13.3 Å². The van der Waals surface area contributed by atoms with Gasteiger partial charge in [0.2, 0.25) is 10.0 Å². The zero-order chi connectivity index (χ0) is 16.3. The van der Waals surface area contributed by atoms with E-state index in [1.165, 1.54) is 12.1 Å². The molecule has 0 heterocycles. The van der Waals surface area contributed by atoms with Gasteiger partial charge in [0.1, 0.15) is 11.6 Å². The molecule has 22 heavy (non-hydrogen) atoms. The van der Waals surface area contributed by atoms with Crippen LogP contribution in [0.15, 0.2) is 47.4 Å². The molecule has 0 spiro atoms. The van der Waals surface area contributed by atoms with E-state index in [-0.39, 0.29) is 16.1 Å². The number of non-ortho nitro benzene ring substituents is 1. The topological polar surface area (TPSA) is 89.3 Å². The molecule has 6 nitrogen and oxygen atoms in total. The van der Waals surface area contributed by atoms with E-state index in [9.17, 15) is 27.3 Å². The maximum Gasteiger partial charge on any atom is 0.270 e. The normalized spacial score (nSPS) is 11.4. The third kappa shape index (κ3) is 3.62. The molecule has 0 radical (unpaired) electrons. The fourth-order valence-electron chi connectivity index (χ4n) is 1.69. The van der Waals surface area contributed by atoms with Gasteiger partial charge in [-0.25, -0.2) is 21.9 Å². The quantitative estimate of drug-likeness (QED) is 0.674. The molecule has 116 valence electrons. The molecule has 9 heteroatoms. The molecule has 0 aliphatic rings. The molecule has 0 unspecified atom stereocenters.